The lowest BCUT2D eigenvalue weighted by molar-refractivity contribution is 0.0927. The van der Waals surface area contributed by atoms with Gasteiger partial charge in [0.1, 0.15) is 5.69 Å². The first-order valence-corrected chi connectivity index (χ1v) is 10.6. The molecule has 0 atom stereocenters. The Morgan fingerprint density at radius 1 is 1.07 bits per heavy atom. The van der Waals surface area contributed by atoms with Crippen molar-refractivity contribution in [1.29, 1.82) is 0 Å². The van der Waals surface area contributed by atoms with Gasteiger partial charge in [-0.1, -0.05) is 73.3 Å². The number of nitrogens with zero attached hydrogens (tertiary/aromatic N) is 2. The molecule has 1 fully saturated rings. The first kappa shape index (κ1) is 19.7. The highest BCUT2D eigenvalue weighted by atomic mass is 35.5. The summed E-state index contributed by atoms with van der Waals surface area (Å²) in [6, 6.07) is 19.9. The summed E-state index contributed by atoms with van der Waals surface area (Å²) in [5, 5.41) is 8.46. The second-order valence-electron chi connectivity index (χ2n) is 7.94. The minimum absolute atomic E-state index is 0.0284. The van der Waals surface area contributed by atoms with Gasteiger partial charge in [-0.2, -0.15) is 5.10 Å². The molecule has 0 unspecified atom stereocenters. The number of aromatic nitrogens is 2. The quantitative estimate of drug-likeness (QED) is 0.617. The lowest BCUT2D eigenvalue weighted by atomic mass is 9.69. The fourth-order valence-corrected chi connectivity index (χ4v) is 4.50. The zero-order valence-electron chi connectivity index (χ0n) is 16.7. The number of amides is 1. The summed E-state index contributed by atoms with van der Waals surface area (Å²) in [5.74, 6) is -0.0823. The standard InChI is InChI=1S/C24H26ClN3O/c1-28-22(16-21(27-28)18-8-4-2-5-9-18)23(29)26-17-24(14-6-3-7-15-24)19-10-12-20(25)13-11-19/h2,4-5,8-13,16H,3,6-7,14-15,17H2,1H3,(H,26,29). The van der Waals surface area contributed by atoms with Crippen molar-refractivity contribution < 1.29 is 4.79 Å². The number of hydrogen-bond acceptors (Lipinski definition) is 2. The summed E-state index contributed by atoms with van der Waals surface area (Å²) < 4.78 is 1.66. The monoisotopic (exact) mass is 407 g/mol. The predicted molar refractivity (Wildman–Crippen MR) is 117 cm³/mol. The molecule has 1 amide bonds. The molecule has 0 saturated heterocycles. The van der Waals surface area contributed by atoms with Crippen LogP contribution in [0.4, 0.5) is 0 Å². The second kappa shape index (κ2) is 8.42. The molecule has 4 nitrogen and oxygen atoms in total. The maximum Gasteiger partial charge on any atom is 0.269 e. The summed E-state index contributed by atoms with van der Waals surface area (Å²) in [4.78, 5) is 13.0. The lowest BCUT2D eigenvalue weighted by Gasteiger charge is -2.38. The fraction of sp³-hybridized carbons (Fsp3) is 0.333. The van der Waals surface area contributed by atoms with E-state index in [-0.39, 0.29) is 11.3 Å². The van der Waals surface area contributed by atoms with E-state index >= 15 is 0 Å². The van der Waals surface area contributed by atoms with Gasteiger partial charge in [-0.15, -0.1) is 0 Å². The molecule has 0 aliphatic heterocycles. The molecule has 150 valence electrons. The topological polar surface area (TPSA) is 46.9 Å². The second-order valence-corrected chi connectivity index (χ2v) is 8.37. The van der Waals surface area contributed by atoms with Crippen LogP contribution in [0.2, 0.25) is 5.02 Å². The van der Waals surface area contributed by atoms with Crippen LogP contribution in [0.1, 0.15) is 48.2 Å². The number of aryl methyl sites for hydroxylation is 1. The van der Waals surface area contributed by atoms with Crippen molar-refractivity contribution in [2.24, 2.45) is 7.05 Å². The summed E-state index contributed by atoms with van der Waals surface area (Å²) in [6.07, 6.45) is 5.78. The zero-order valence-corrected chi connectivity index (χ0v) is 17.5. The van der Waals surface area contributed by atoms with E-state index in [2.05, 4.69) is 22.5 Å². The first-order valence-electron chi connectivity index (χ1n) is 10.2. The Balaban J connectivity index is 1.53. The van der Waals surface area contributed by atoms with Crippen LogP contribution in [-0.2, 0) is 12.5 Å². The van der Waals surface area contributed by atoms with Crippen LogP contribution in [0.5, 0.6) is 0 Å². The molecule has 4 rings (SSSR count). The van der Waals surface area contributed by atoms with Gasteiger partial charge in [0.15, 0.2) is 0 Å². The molecular formula is C24H26ClN3O. The summed E-state index contributed by atoms with van der Waals surface area (Å²) in [5.41, 5.74) is 3.62. The van der Waals surface area contributed by atoms with Crippen molar-refractivity contribution in [3.63, 3.8) is 0 Å². The zero-order chi connectivity index (χ0) is 20.3. The van der Waals surface area contributed by atoms with E-state index in [0.717, 1.165) is 29.1 Å². The fourth-order valence-electron chi connectivity index (χ4n) is 4.37. The Kier molecular flexibility index (Phi) is 5.72. The molecule has 5 heteroatoms. The van der Waals surface area contributed by atoms with Crippen molar-refractivity contribution in [2.45, 2.75) is 37.5 Å². The maximum absolute atomic E-state index is 13.0. The molecule has 2 aromatic carbocycles. The molecule has 1 N–H and O–H groups in total. The van der Waals surface area contributed by atoms with E-state index in [1.54, 1.807) is 4.68 Å². The van der Waals surface area contributed by atoms with Gasteiger partial charge in [0.2, 0.25) is 0 Å². The molecule has 1 aliphatic rings. The van der Waals surface area contributed by atoms with E-state index in [1.165, 1.54) is 24.8 Å². The minimum Gasteiger partial charge on any atom is -0.350 e. The Labute approximate surface area is 176 Å². The van der Waals surface area contributed by atoms with E-state index in [1.807, 2.05) is 55.6 Å². The Morgan fingerprint density at radius 2 is 1.76 bits per heavy atom. The van der Waals surface area contributed by atoms with E-state index in [9.17, 15) is 4.79 Å². The average molecular weight is 408 g/mol. The van der Waals surface area contributed by atoms with Crippen LogP contribution < -0.4 is 5.32 Å². The first-order chi connectivity index (χ1) is 14.1. The van der Waals surface area contributed by atoms with Crippen molar-refractivity contribution >= 4 is 17.5 Å². The highest BCUT2D eigenvalue weighted by molar-refractivity contribution is 6.30. The Hall–Kier alpha value is -2.59. The van der Waals surface area contributed by atoms with Gasteiger partial charge in [-0.25, -0.2) is 0 Å². The third-order valence-electron chi connectivity index (χ3n) is 6.04. The van der Waals surface area contributed by atoms with Gasteiger partial charge in [0, 0.05) is 29.6 Å². The van der Waals surface area contributed by atoms with Crippen LogP contribution in [0.25, 0.3) is 11.3 Å². The number of halogens is 1. The molecule has 29 heavy (non-hydrogen) atoms. The predicted octanol–water partition coefficient (Wildman–Crippen LogP) is 5.37. The van der Waals surface area contributed by atoms with Crippen molar-refractivity contribution in [3.8, 4) is 11.3 Å². The molecule has 3 aromatic rings. The number of benzene rings is 2. The van der Waals surface area contributed by atoms with Gasteiger partial charge < -0.3 is 5.32 Å². The maximum atomic E-state index is 13.0. The molecule has 1 heterocycles. The van der Waals surface area contributed by atoms with E-state index in [4.69, 9.17) is 11.6 Å². The van der Waals surface area contributed by atoms with Gasteiger partial charge in [0.05, 0.1) is 5.69 Å². The molecule has 1 aliphatic carbocycles. The molecular weight excluding hydrogens is 382 g/mol. The normalized spacial score (nSPS) is 15.8. The summed E-state index contributed by atoms with van der Waals surface area (Å²) in [6.45, 7) is 0.624. The number of carbonyl (C=O) groups is 1. The lowest BCUT2D eigenvalue weighted by Crippen LogP contribution is -2.42. The smallest absolute Gasteiger partial charge is 0.269 e. The highest BCUT2D eigenvalue weighted by Crippen LogP contribution is 2.39. The summed E-state index contributed by atoms with van der Waals surface area (Å²) >= 11 is 6.09. The highest BCUT2D eigenvalue weighted by Gasteiger charge is 2.34. The van der Waals surface area contributed by atoms with Gasteiger partial charge >= 0.3 is 0 Å². The van der Waals surface area contributed by atoms with Crippen LogP contribution in [0, 0.1) is 0 Å². The van der Waals surface area contributed by atoms with Gasteiger partial charge in [-0.05, 0) is 36.6 Å². The Morgan fingerprint density at radius 3 is 2.45 bits per heavy atom. The third-order valence-corrected chi connectivity index (χ3v) is 6.29. The van der Waals surface area contributed by atoms with Crippen molar-refractivity contribution in [2.75, 3.05) is 6.54 Å². The van der Waals surface area contributed by atoms with Crippen LogP contribution >= 0.6 is 11.6 Å². The third kappa shape index (κ3) is 4.23. The SMILES string of the molecule is Cn1nc(-c2ccccc2)cc1C(=O)NCC1(c2ccc(Cl)cc2)CCCCC1. The number of nitrogens with one attached hydrogen (secondary N) is 1. The number of rotatable bonds is 5. The Bertz CT molecular complexity index is 973. The largest absolute Gasteiger partial charge is 0.350 e. The van der Waals surface area contributed by atoms with Crippen LogP contribution in [0.15, 0.2) is 60.7 Å². The number of hydrogen-bond donors (Lipinski definition) is 1. The van der Waals surface area contributed by atoms with Gasteiger partial charge in [-0.3, -0.25) is 9.48 Å². The van der Waals surface area contributed by atoms with Crippen molar-refractivity contribution in [1.82, 2.24) is 15.1 Å². The molecule has 0 bridgehead atoms. The number of carbonyl (C=O) groups excluding carboxylic acids is 1. The molecule has 0 spiro atoms. The molecule has 1 saturated carbocycles. The molecule has 0 radical (unpaired) electrons. The van der Waals surface area contributed by atoms with Crippen LogP contribution in [-0.4, -0.2) is 22.2 Å². The van der Waals surface area contributed by atoms with Crippen molar-refractivity contribution in [3.05, 3.63) is 76.9 Å². The van der Waals surface area contributed by atoms with E-state index in [0.29, 0.717) is 12.2 Å². The van der Waals surface area contributed by atoms with Crippen LogP contribution in [0.3, 0.4) is 0 Å². The molecule has 1 aromatic heterocycles. The van der Waals surface area contributed by atoms with E-state index < -0.39 is 0 Å². The average Bonchev–Trinajstić information content (AvgIpc) is 3.15. The minimum atomic E-state index is -0.0823. The van der Waals surface area contributed by atoms with Gasteiger partial charge in [0.25, 0.3) is 5.91 Å². The summed E-state index contributed by atoms with van der Waals surface area (Å²) in [7, 11) is 1.82.